The van der Waals surface area contributed by atoms with E-state index >= 15 is 0 Å². The van der Waals surface area contributed by atoms with Crippen molar-refractivity contribution in [1.29, 1.82) is 0 Å². The monoisotopic (exact) mass is 258 g/mol. The number of hydrogen-bond donors (Lipinski definition) is 5. The number of nitrogens with two attached hydrogens (primary N) is 2. The zero-order valence-electron chi connectivity index (χ0n) is 9.89. The second kappa shape index (κ2) is 9.14. The number of aromatic amines is 2. The number of carbonyl (C=O) groups is 1. The molecule has 0 bridgehead atoms. The summed E-state index contributed by atoms with van der Waals surface area (Å²) in [7, 11) is 0. The molecule has 0 aliphatic heterocycles. The number of carboxylic acid groups (broad SMARTS) is 1. The van der Waals surface area contributed by atoms with Gasteiger partial charge in [0.05, 0.1) is 0 Å². The molecule has 0 aromatic carbocycles. The van der Waals surface area contributed by atoms with E-state index in [1.807, 2.05) is 4.98 Å². The molecule has 0 saturated carbocycles. The van der Waals surface area contributed by atoms with Crippen LogP contribution in [0.3, 0.4) is 0 Å². The lowest BCUT2D eigenvalue weighted by molar-refractivity contribution is -0.138. The Morgan fingerprint density at radius 3 is 2.44 bits per heavy atom. The Bertz CT molecular complexity index is 428. The van der Waals surface area contributed by atoms with Gasteiger partial charge in [-0.15, -0.1) is 0 Å². The zero-order valence-corrected chi connectivity index (χ0v) is 9.89. The average molecular weight is 258 g/mol. The predicted octanol–water partition coefficient (Wildman–Crippen LogP) is -1.41. The third-order valence-corrected chi connectivity index (χ3v) is 1.97. The van der Waals surface area contributed by atoms with E-state index in [0.717, 1.165) is 12.8 Å². The van der Waals surface area contributed by atoms with Crippen molar-refractivity contribution < 1.29 is 9.90 Å². The van der Waals surface area contributed by atoms with Gasteiger partial charge in [-0.25, -0.2) is 4.79 Å². The molecular weight excluding hydrogens is 240 g/mol. The van der Waals surface area contributed by atoms with Crippen LogP contribution in [0.5, 0.6) is 0 Å². The van der Waals surface area contributed by atoms with Crippen LogP contribution in [0.4, 0.5) is 0 Å². The van der Waals surface area contributed by atoms with Gasteiger partial charge in [0, 0.05) is 12.3 Å². The SMILES string of the molecule is NCCCC[C@H](N)C(=O)O.O=c1cc[nH]c(=O)[nH]1. The Balaban J connectivity index is 0.000000327. The molecule has 8 nitrogen and oxygen atoms in total. The van der Waals surface area contributed by atoms with E-state index in [1.54, 1.807) is 0 Å². The van der Waals surface area contributed by atoms with Gasteiger partial charge in [0.1, 0.15) is 6.04 Å². The van der Waals surface area contributed by atoms with Crippen molar-refractivity contribution in [3.05, 3.63) is 33.1 Å². The molecule has 18 heavy (non-hydrogen) atoms. The Labute approximate surface area is 103 Å². The van der Waals surface area contributed by atoms with E-state index in [0.29, 0.717) is 13.0 Å². The zero-order chi connectivity index (χ0) is 14.0. The first kappa shape index (κ1) is 16.1. The molecule has 0 radical (unpaired) electrons. The van der Waals surface area contributed by atoms with Gasteiger partial charge in [-0.2, -0.15) is 0 Å². The fourth-order valence-corrected chi connectivity index (χ4v) is 1.01. The van der Waals surface area contributed by atoms with Crippen LogP contribution in [0, 0.1) is 0 Å². The lowest BCUT2D eigenvalue weighted by Gasteiger charge is -2.03. The summed E-state index contributed by atoms with van der Waals surface area (Å²) < 4.78 is 0. The van der Waals surface area contributed by atoms with E-state index in [9.17, 15) is 14.4 Å². The summed E-state index contributed by atoms with van der Waals surface area (Å²) in [6, 6.07) is 0.521. The standard InChI is InChI=1S/C6H14N2O2.C4H4N2O2/c7-4-2-1-3-5(8)6(9)10;7-3-1-2-5-4(8)6-3/h5H,1-4,7-8H2,(H,9,10);1-2H,(H2,5,6,7,8)/t5-;/m0./s1. The van der Waals surface area contributed by atoms with Crippen molar-refractivity contribution >= 4 is 5.97 Å². The number of aliphatic carboxylic acids is 1. The molecule has 8 heteroatoms. The highest BCUT2D eigenvalue weighted by Crippen LogP contribution is 1.96. The highest BCUT2D eigenvalue weighted by atomic mass is 16.4. The molecule has 1 atom stereocenters. The maximum atomic E-state index is 10.2. The van der Waals surface area contributed by atoms with Gasteiger partial charge >= 0.3 is 11.7 Å². The van der Waals surface area contributed by atoms with Gasteiger partial charge in [0.15, 0.2) is 0 Å². The van der Waals surface area contributed by atoms with E-state index in [1.165, 1.54) is 12.3 Å². The van der Waals surface area contributed by atoms with Crippen molar-refractivity contribution in [1.82, 2.24) is 9.97 Å². The summed E-state index contributed by atoms with van der Waals surface area (Å²) in [6.45, 7) is 0.604. The topological polar surface area (TPSA) is 155 Å². The molecule has 0 amide bonds. The lowest BCUT2D eigenvalue weighted by atomic mass is 10.1. The first-order valence-electron chi connectivity index (χ1n) is 5.44. The summed E-state index contributed by atoms with van der Waals surface area (Å²) in [5.74, 6) is -0.933. The van der Waals surface area contributed by atoms with Crippen LogP contribution in [0.2, 0.25) is 0 Å². The van der Waals surface area contributed by atoms with Crippen LogP contribution in [-0.2, 0) is 4.79 Å². The number of H-pyrrole nitrogens is 2. The molecule has 0 aliphatic rings. The van der Waals surface area contributed by atoms with Crippen molar-refractivity contribution in [2.24, 2.45) is 11.5 Å². The highest BCUT2D eigenvalue weighted by molar-refractivity contribution is 5.72. The lowest BCUT2D eigenvalue weighted by Crippen LogP contribution is -2.29. The van der Waals surface area contributed by atoms with Crippen LogP contribution in [0.25, 0.3) is 0 Å². The molecule has 0 saturated heterocycles. The maximum Gasteiger partial charge on any atom is 0.325 e. The van der Waals surface area contributed by atoms with Gasteiger partial charge in [0.25, 0.3) is 5.56 Å². The molecule has 7 N–H and O–H groups in total. The number of carboxylic acids is 1. The summed E-state index contributed by atoms with van der Waals surface area (Å²) in [5.41, 5.74) is 9.56. The largest absolute Gasteiger partial charge is 0.480 e. The molecule has 1 aromatic rings. The minimum atomic E-state index is -0.933. The molecule has 0 aliphatic carbocycles. The first-order chi connectivity index (χ1) is 8.47. The summed E-state index contributed by atoms with van der Waals surface area (Å²) in [5, 5.41) is 8.33. The van der Waals surface area contributed by atoms with Crippen molar-refractivity contribution in [3.63, 3.8) is 0 Å². The minimum Gasteiger partial charge on any atom is -0.480 e. The number of hydrogen-bond acceptors (Lipinski definition) is 5. The highest BCUT2D eigenvalue weighted by Gasteiger charge is 2.09. The second-order valence-corrected chi connectivity index (χ2v) is 3.53. The third kappa shape index (κ3) is 8.25. The van der Waals surface area contributed by atoms with Crippen molar-refractivity contribution in [2.75, 3.05) is 6.54 Å². The molecular formula is C10H18N4O4. The normalized spacial score (nSPS) is 11.2. The van der Waals surface area contributed by atoms with Gasteiger partial charge in [-0.3, -0.25) is 14.6 Å². The maximum absolute atomic E-state index is 10.2. The number of unbranched alkanes of at least 4 members (excludes halogenated alkanes) is 1. The average Bonchev–Trinajstić information content (AvgIpc) is 2.29. The first-order valence-corrected chi connectivity index (χ1v) is 5.44. The Kier molecular flexibility index (Phi) is 8.16. The van der Waals surface area contributed by atoms with Crippen LogP contribution in [0.15, 0.2) is 21.9 Å². The van der Waals surface area contributed by atoms with Gasteiger partial charge in [-0.1, -0.05) is 6.42 Å². The Morgan fingerprint density at radius 1 is 1.39 bits per heavy atom. The number of aromatic nitrogens is 2. The van der Waals surface area contributed by atoms with Crippen molar-refractivity contribution in [2.45, 2.75) is 25.3 Å². The van der Waals surface area contributed by atoms with E-state index in [4.69, 9.17) is 16.6 Å². The van der Waals surface area contributed by atoms with Gasteiger partial charge in [0.2, 0.25) is 0 Å². The fourth-order valence-electron chi connectivity index (χ4n) is 1.01. The van der Waals surface area contributed by atoms with Crippen molar-refractivity contribution in [3.8, 4) is 0 Å². The fraction of sp³-hybridized carbons (Fsp3) is 0.500. The second-order valence-electron chi connectivity index (χ2n) is 3.53. The third-order valence-electron chi connectivity index (χ3n) is 1.97. The van der Waals surface area contributed by atoms with Crippen LogP contribution in [-0.4, -0.2) is 33.6 Å². The van der Waals surface area contributed by atoms with Gasteiger partial charge in [-0.05, 0) is 19.4 Å². The van der Waals surface area contributed by atoms with Gasteiger partial charge < -0.3 is 21.6 Å². The number of rotatable bonds is 5. The minimum absolute atomic E-state index is 0.381. The molecule has 102 valence electrons. The molecule has 1 heterocycles. The predicted molar refractivity (Wildman–Crippen MR) is 66.2 cm³/mol. The quantitative estimate of drug-likeness (QED) is 0.408. The summed E-state index contributed by atoms with van der Waals surface area (Å²) >= 11 is 0. The Morgan fingerprint density at radius 2 is 2.06 bits per heavy atom. The number of nitrogens with one attached hydrogen (secondary N) is 2. The molecule has 0 spiro atoms. The summed E-state index contributed by atoms with van der Waals surface area (Å²) in [6.07, 6.45) is 3.46. The van der Waals surface area contributed by atoms with Crippen LogP contribution in [0.1, 0.15) is 19.3 Å². The molecule has 1 rings (SSSR count). The van der Waals surface area contributed by atoms with Crippen LogP contribution < -0.4 is 22.7 Å². The molecule has 0 unspecified atom stereocenters. The van der Waals surface area contributed by atoms with Crippen LogP contribution >= 0.6 is 0 Å². The molecule has 1 aromatic heterocycles. The van der Waals surface area contributed by atoms with E-state index in [2.05, 4.69) is 4.98 Å². The smallest absolute Gasteiger partial charge is 0.325 e. The van der Waals surface area contributed by atoms with E-state index in [-0.39, 0.29) is 5.56 Å². The van der Waals surface area contributed by atoms with E-state index < -0.39 is 17.7 Å². The summed E-state index contributed by atoms with van der Waals surface area (Å²) in [4.78, 5) is 34.8. The Hall–Kier alpha value is -1.93. The molecule has 0 fully saturated rings.